The predicted molar refractivity (Wildman–Crippen MR) is 93.8 cm³/mol. The number of carbonyl (C=O) groups excluding carboxylic acids is 1. The van der Waals surface area contributed by atoms with Crippen LogP contribution in [-0.4, -0.2) is 17.7 Å². The molecule has 3 heteroatoms. The summed E-state index contributed by atoms with van der Waals surface area (Å²) < 4.78 is 0. The first-order chi connectivity index (χ1) is 11.8. The number of nitrogens with zero attached hydrogens (tertiary/aromatic N) is 1. The Labute approximate surface area is 140 Å². The second kappa shape index (κ2) is 5.62. The van der Waals surface area contributed by atoms with E-state index in [-0.39, 0.29) is 12.6 Å². The number of hydrogen-bond donors (Lipinski definition) is 1. The SMILES string of the molecule is O=C1N(CO)c2ccccc2C1(c1ccccc1)c1ccccc1. The number of amides is 1. The van der Waals surface area contributed by atoms with E-state index in [9.17, 15) is 9.90 Å². The van der Waals surface area contributed by atoms with Crippen molar-refractivity contribution in [2.24, 2.45) is 0 Å². The van der Waals surface area contributed by atoms with Gasteiger partial charge in [0, 0.05) is 5.56 Å². The van der Waals surface area contributed by atoms with Gasteiger partial charge in [0.15, 0.2) is 0 Å². The second-order valence-electron chi connectivity index (χ2n) is 5.87. The fraction of sp³-hybridized carbons (Fsp3) is 0.0952. The average molecular weight is 315 g/mol. The molecule has 118 valence electrons. The van der Waals surface area contributed by atoms with Crippen LogP contribution in [-0.2, 0) is 10.2 Å². The Morgan fingerprint density at radius 3 is 1.79 bits per heavy atom. The maximum Gasteiger partial charge on any atom is 0.248 e. The van der Waals surface area contributed by atoms with Crippen LogP contribution in [0.15, 0.2) is 84.9 Å². The van der Waals surface area contributed by atoms with Crippen molar-refractivity contribution in [1.29, 1.82) is 0 Å². The summed E-state index contributed by atoms with van der Waals surface area (Å²) in [6.45, 7) is -0.336. The Hall–Kier alpha value is -2.91. The molecule has 1 aliphatic heterocycles. The molecule has 0 aromatic heterocycles. The van der Waals surface area contributed by atoms with Crippen molar-refractivity contribution in [3.8, 4) is 0 Å². The van der Waals surface area contributed by atoms with Gasteiger partial charge >= 0.3 is 0 Å². The van der Waals surface area contributed by atoms with Crippen LogP contribution in [0.4, 0.5) is 5.69 Å². The van der Waals surface area contributed by atoms with Crippen molar-refractivity contribution in [3.05, 3.63) is 102 Å². The van der Waals surface area contributed by atoms with Crippen LogP contribution in [0.25, 0.3) is 0 Å². The average Bonchev–Trinajstić information content (AvgIpc) is 2.91. The van der Waals surface area contributed by atoms with Gasteiger partial charge in [-0.25, -0.2) is 0 Å². The first-order valence-corrected chi connectivity index (χ1v) is 7.93. The van der Waals surface area contributed by atoms with Gasteiger partial charge in [-0.15, -0.1) is 0 Å². The van der Waals surface area contributed by atoms with Gasteiger partial charge in [0.1, 0.15) is 12.1 Å². The summed E-state index contributed by atoms with van der Waals surface area (Å²) in [4.78, 5) is 14.9. The van der Waals surface area contributed by atoms with Crippen LogP contribution < -0.4 is 4.90 Å². The normalized spacial score (nSPS) is 15.4. The zero-order valence-electron chi connectivity index (χ0n) is 13.1. The molecule has 1 N–H and O–H groups in total. The smallest absolute Gasteiger partial charge is 0.248 e. The lowest BCUT2D eigenvalue weighted by Crippen LogP contribution is -2.42. The lowest BCUT2D eigenvalue weighted by molar-refractivity contribution is -0.121. The molecule has 0 bridgehead atoms. The molecular weight excluding hydrogens is 298 g/mol. The number of anilines is 1. The third kappa shape index (κ3) is 1.85. The zero-order valence-corrected chi connectivity index (χ0v) is 13.1. The van der Waals surface area contributed by atoms with Crippen LogP contribution in [0.2, 0.25) is 0 Å². The standard InChI is InChI=1S/C21H17NO2/c23-15-22-19-14-8-7-13-18(19)21(20(22)24,16-9-3-1-4-10-16)17-11-5-2-6-12-17/h1-14,23H,15H2. The van der Waals surface area contributed by atoms with Gasteiger partial charge in [-0.1, -0.05) is 78.9 Å². The number of aliphatic hydroxyl groups is 1. The Morgan fingerprint density at radius 1 is 0.750 bits per heavy atom. The van der Waals surface area contributed by atoms with E-state index in [1.807, 2.05) is 84.9 Å². The molecule has 0 saturated carbocycles. The van der Waals surface area contributed by atoms with Crippen molar-refractivity contribution >= 4 is 11.6 Å². The molecule has 0 atom stereocenters. The van der Waals surface area contributed by atoms with Gasteiger partial charge in [0.05, 0.1) is 5.69 Å². The number of aliphatic hydroxyl groups excluding tert-OH is 1. The molecule has 1 heterocycles. The first-order valence-electron chi connectivity index (χ1n) is 7.93. The minimum Gasteiger partial charge on any atom is -0.376 e. The fourth-order valence-corrected chi connectivity index (χ4v) is 3.69. The molecule has 0 aliphatic carbocycles. The van der Waals surface area contributed by atoms with Crippen molar-refractivity contribution in [3.63, 3.8) is 0 Å². The van der Waals surface area contributed by atoms with Crippen molar-refractivity contribution in [2.75, 3.05) is 11.6 Å². The molecule has 1 aliphatic rings. The quantitative estimate of drug-likeness (QED) is 0.805. The third-order valence-corrected chi connectivity index (χ3v) is 4.72. The van der Waals surface area contributed by atoms with E-state index in [1.165, 1.54) is 4.90 Å². The largest absolute Gasteiger partial charge is 0.376 e. The predicted octanol–water partition coefficient (Wildman–Crippen LogP) is 3.32. The highest BCUT2D eigenvalue weighted by Gasteiger charge is 2.52. The van der Waals surface area contributed by atoms with E-state index in [2.05, 4.69) is 0 Å². The zero-order chi connectivity index (χ0) is 16.6. The molecule has 3 aromatic carbocycles. The first kappa shape index (κ1) is 14.7. The summed E-state index contributed by atoms with van der Waals surface area (Å²) in [5.74, 6) is -0.122. The van der Waals surface area contributed by atoms with Gasteiger partial charge in [0.2, 0.25) is 5.91 Å². The van der Waals surface area contributed by atoms with E-state index >= 15 is 0 Å². The van der Waals surface area contributed by atoms with E-state index in [0.717, 1.165) is 22.4 Å². The highest BCUT2D eigenvalue weighted by molar-refractivity contribution is 6.12. The molecular formula is C21H17NO2. The molecule has 3 nitrogen and oxygen atoms in total. The van der Waals surface area contributed by atoms with E-state index < -0.39 is 5.41 Å². The van der Waals surface area contributed by atoms with E-state index in [0.29, 0.717) is 0 Å². The highest BCUT2D eigenvalue weighted by Crippen LogP contribution is 2.49. The lowest BCUT2D eigenvalue weighted by Gasteiger charge is -2.30. The second-order valence-corrected chi connectivity index (χ2v) is 5.87. The number of fused-ring (bicyclic) bond motifs is 1. The third-order valence-electron chi connectivity index (χ3n) is 4.72. The van der Waals surface area contributed by atoms with E-state index in [1.54, 1.807) is 0 Å². The Balaban J connectivity index is 2.11. The van der Waals surface area contributed by atoms with Gasteiger partial charge < -0.3 is 5.11 Å². The summed E-state index contributed by atoms with van der Waals surface area (Å²) in [6, 6.07) is 27.2. The fourth-order valence-electron chi connectivity index (χ4n) is 3.69. The van der Waals surface area contributed by atoms with Crippen LogP contribution in [0.3, 0.4) is 0 Å². The van der Waals surface area contributed by atoms with E-state index in [4.69, 9.17) is 0 Å². The van der Waals surface area contributed by atoms with Crippen molar-refractivity contribution in [1.82, 2.24) is 0 Å². The molecule has 0 spiro atoms. The number of rotatable bonds is 3. The van der Waals surface area contributed by atoms with Gasteiger partial charge in [-0.2, -0.15) is 0 Å². The number of hydrogen-bond acceptors (Lipinski definition) is 2. The van der Waals surface area contributed by atoms with Crippen molar-refractivity contribution in [2.45, 2.75) is 5.41 Å². The summed E-state index contributed by atoms with van der Waals surface area (Å²) in [7, 11) is 0. The topological polar surface area (TPSA) is 40.5 Å². The minimum atomic E-state index is -0.929. The van der Waals surface area contributed by atoms with Crippen molar-refractivity contribution < 1.29 is 9.90 Å². The highest BCUT2D eigenvalue weighted by atomic mass is 16.3. The summed E-state index contributed by atoms with van der Waals surface area (Å²) in [6.07, 6.45) is 0. The van der Waals surface area contributed by atoms with Crippen LogP contribution in [0.1, 0.15) is 16.7 Å². The monoisotopic (exact) mass is 315 g/mol. The Kier molecular flexibility index (Phi) is 3.44. The van der Waals surface area contributed by atoms with Crippen LogP contribution in [0, 0.1) is 0 Å². The van der Waals surface area contributed by atoms with Crippen LogP contribution >= 0.6 is 0 Å². The summed E-state index contributed by atoms with van der Waals surface area (Å²) in [5.41, 5.74) is 2.55. The maximum atomic E-state index is 13.5. The molecule has 0 unspecified atom stereocenters. The minimum absolute atomic E-state index is 0.122. The van der Waals surface area contributed by atoms with Crippen LogP contribution in [0.5, 0.6) is 0 Å². The molecule has 1 amide bonds. The molecule has 24 heavy (non-hydrogen) atoms. The van der Waals surface area contributed by atoms with Gasteiger partial charge in [-0.3, -0.25) is 9.69 Å². The maximum absolute atomic E-state index is 13.5. The number of para-hydroxylation sites is 1. The molecule has 0 radical (unpaired) electrons. The number of benzene rings is 3. The molecule has 0 fully saturated rings. The lowest BCUT2D eigenvalue weighted by atomic mass is 9.70. The van der Waals surface area contributed by atoms with Gasteiger partial charge in [0.25, 0.3) is 0 Å². The molecule has 0 saturated heterocycles. The molecule has 3 aromatic rings. The number of carbonyl (C=O) groups is 1. The summed E-state index contributed by atoms with van der Waals surface area (Å²) >= 11 is 0. The molecule has 4 rings (SSSR count). The Morgan fingerprint density at radius 2 is 1.25 bits per heavy atom. The summed E-state index contributed by atoms with van der Waals surface area (Å²) in [5, 5.41) is 9.81. The Bertz CT molecular complexity index is 835. The van der Waals surface area contributed by atoms with Gasteiger partial charge in [-0.05, 0) is 17.2 Å².